The van der Waals surface area contributed by atoms with Gasteiger partial charge in [0.05, 0.1) is 5.69 Å². The largest absolute Gasteiger partial charge is 0.273 e. The van der Waals surface area contributed by atoms with E-state index in [4.69, 9.17) is 23.8 Å². The molecule has 0 saturated heterocycles. The molecule has 0 aliphatic heterocycles. The van der Waals surface area contributed by atoms with E-state index in [1.807, 2.05) is 0 Å². The Kier molecular flexibility index (Phi) is 2.35. The molecule has 3 nitrogen and oxygen atoms in total. The molecular formula is C8H5ClFN3S. The number of nitrogens with zero attached hydrogens (tertiary/aromatic N) is 2. The monoisotopic (exact) mass is 229 g/mol. The van der Waals surface area contributed by atoms with Crippen molar-refractivity contribution in [3.05, 3.63) is 40.1 Å². The van der Waals surface area contributed by atoms with E-state index in [2.05, 4.69) is 10.2 Å². The molecule has 6 heteroatoms. The standard InChI is InChI=1S/C8H5ClFN3S/c9-7-5(10)2-1-3-6(7)13-4-11-12-8(13)14/h1-4H,(H,12,14). The van der Waals surface area contributed by atoms with Crippen LogP contribution < -0.4 is 0 Å². The second-order valence-corrected chi connectivity index (χ2v) is 3.37. The minimum absolute atomic E-state index is 0.0324. The molecule has 0 unspecified atom stereocenters. The van der Waals surface area contributed by atoms with Gasteiger partial charge in [-0.3, -0.25) is 9.67 Å². The Hall–Kier alpha value is -1.20. The summed E-state index contributed by atoms with van der Waals surface area (Å²) in [6.07, 6.45) is 1.45. The SMILES string of the molecule is Fc1cccc(-n2cn[nH]c2=S)c1Cl. The molecular weight excluding hydrogens is 225 g/mol. The van der Waals surface area contributed by atoms with Gasteiger partial charge in [-0.25, -0.2) is 4.39 Å². The Balaban J connectivity index is 2.69. The number of benzene rings is 1. The van der Waals surface area contributed by atoms with E-state index in [9.17, 15) is 4.39 Å². The Morgan fingerprint density at radius 2 is 2.29 bits per heavy atom. The summed E-state index contributed by atoms with van der Waals surface area (Å²) in [5.41, 5.74) is 0.477. The number of hydrogen-bond donors (Lipinski definition) is 1. The average molecular weight is 230 g/mol. The van der Waals surface area contributed by atoms with E-state index < -0.39 is 5.82 Å². The van der Waals surface area contributed by atoms with Crippen LogP contribution >= 0.6 is 23.8 Å². The van der Waals surface area contributed by atoms with Gasteiger partial charge >= 0.3 is 0 Å². The highest BCUT2D eigenvalue weighted by atomic mass is 35.5. The van der Waals surface area contributed by atoms with E-state index in [1.165, 1.54) is 17.0 Å². The van der Waals surface area contributed by atoms with E-state index in [0.717, 1.165) is 0 Å². The lowest BCUT2D eigenvalue weighted by Gasteiger charge is -2.03. The minimum atomic E-state index is -0.479. The molecule has 14 heavy (non-hydrogen) atoms. The number of aromatic nitrogens is 3. The van der Waals surface area contributed by atoms with Crippen LogP contribution in [0.1, 0.15) is 0 Å². The van der Waals surface area contributed by atoms with E-state index >= 15 is 0 Å². The van der Waals surface area contributed by atoms with Crippen molar-refractivity contribution >= 4 is 23.8 Å². The molecule has 0 radical (unpaired) electrons. The van der Waals surface area contributed by atoms with Crippen LogP contribution in [0.3, 0.4) is 0 Å². The summed E-state index contributed by atoms with van der Waals surface area (Å²) >= 11 is 10.7. The van der Waals surface area contributed by atoms with Crippen LogP contribution in [0.25, 0.3) is 5.69 Å². The first kappa shape index (κ1) is 9.36. The quantitative estimate of drug-likeness (QED) is 0.763. The van der Waals surface area contributed by atoms with Gasteiger partial charge in [0.2, 0.25) is 0 Å². The summed E-state index contributed by atoms with van der Waals surface area (Å²) in [5.74, 6) is -0.479. The van der Waals surface area contributed by atoms with Crippen LogP contribution in [0, 0.1) is 10.6 Å². The van der Waals surface area contributed by atoms with Crippen molar-refractivity contribution in [1.29, 1.82) is 0 Å². The molecule has 1 heterocycles. The summed E-state index contributed by atoms with van der Waals surface area (Å²) in [5, 5.41) is 6.31. The van der Waals surface area contributed by atoms with Gasteiger partial charge in [0.25, 0.3) is 0 Å². The topological polar surface area (TPSA) is 33.6 Å². The smallest absolute Gasteiger partial charge is 0.199 e. The Labute approximate surface area is 89.1 Å². The fraction of sp³-hybridized carbons (Fsp3) is 0. The second-order valence-electron chi connectivity index (χ2n) is 2.60. The fourth-order valence-corrected chi connectivity index (χ4v) is 1.51. The molecule has 0 aliphatic carbocycles. The zero-order chi connectivity index (χ0) is 10.1. The molecule has 2 rings (SSSR count). The lowest BCUT2D eigenvalue weighted by atomic mass is 10.3. The average Bonchev–Trinajstić information content (AvgIpc) is 2.57. The number of rotatable bonds is 1. The summed E-state index contributed by atoms with van der Waals surface area (Å²) in [6.45, 7) is 0. The second kappa shape index (κ2) is 3.51. The van der Waals surface area contributed by atoms with Crippen molar-refractivity contribution in [3.8, 4) is 5.69 Å². The maximum absolute atomic E-state index is 13.1. The first-order valence-corrected chi connectivity index (χ1v) is 4.55. The molecule has 1 aromatic heterocycles. The fourth-order valence-electron chi connectivity index (χ4n) is 1.10. The maximum atomic E-state index is 13.1. The Morgan fingerprint density at radius 1 is 1.50 bits per heavy atom. The zero-order valence-corrected chi connectivity index (χ0v) is 8.44. The Morgan fingerprint density at radius 3 is 2.93 bits per heavy atom. The predicted octanol–water partition coefficient (Wildman–Crippen LogP) is 2.72. The van der Waals surface area contributed by atoms with Crippen molar-refractivity contribution in [1.82, 2.24) is 14.8 Å². The van der Waals surface area contributed by atoms with Crippen molar-refractivity contribution in [2.45, 2.75) is 0 Å². The number of aromatic amines is 1. The van der Waals surface area contributed by atoms with Crippen LogP contribution in [0.5, 0.6) is 0 Å². The lowest BCUT2D eigenvalue weighted by Crippen LogP contribution is -1.94. The number of nitrogens with one attached hydrogen (secondary N) is 1. The van der Waals surface area contributed by atoms with Gasteiger partial charge in [0, 0.05) is 0 Å². The third-order valence-corrected chi connectivity index (χ3v) is 2.41. The summed E-state index contributed by atoms with van der Waals surface area (Å²) < 4.78 is 15.0. The molecule has 0 fully saturated rings. The van der Waals surface area contributed by atoms with Crippen LogP contribution in [-0.2, 0) is 0 Å². The molecule has 1 N–H and O–H groups in total. The van der Waals surface area contributed by atoms with Gasteiger partial charge in [0.15, 0.2) is 4.77 Å². The van der Waals surface area contributed by atoms with E-state index in [-0.39, 0.29) is 5.02 Å². The molecule has 0 saturated carbocycles. The summed E-state index contributed by atoms with van der Waals surface area (Å²) in [6, 6.07) is 4.51. The molecule has 0 atom stereocenters. The molecule has 72 valence electrons. The van der Waals surface area contributed by atoms with Crippen LogP contribution in [0.2, 0.25) is 5.02 Å². The van der Waals surface area contributed by atoms with Crippen LogP contribution in [0.15, 0.2) is 24.5 Å². The van der Waals surface area contributed by atoms with E-state index in [1.54, 1.807) is 12.1 Å². The molecule has 2 aromatic rings. The van der Waals surface area contributed by atoms with E-state index in [0.29, 0.717) is 10.5 Å². The van der Waals surface area contributed by atoms with Crippen molar-refractivity contribution in [2.24, 2.45) is 0 Å². The highest BCUT2D eigenvalue weighted by Gasteiger charge is 2.07. The van der Waals surface area contributed by atoms with Gasteiger partial charge in [-0.1, -0.05) is 17.7 Å². The van der Waals surface area contributed by atoms with Gasteiger partial charge < -0.3 is 0 Å². The normalized spacial score (nSPS) is 10.4. The molecule has 0 bridgehead atoms. The molecule has 0 amide bonds. The summed E-state index contributed by atoms with van der Waals surface area (Å²) in [7, 11) is 0. The molecule has 0 spiro atoms. The van der Waals surface area contributed by atoms with Gasteiger partial charge in [-0.15, -0.1) is 0 Å². The number of hydrogen-bond acceptors (Lipinski definition) is 2. The number of halogens is 2. The van der Waals surface area contributed by atoms with Gasteiger partial charge in [-0.2, -0.15) is 5.10 Å². The van der Waals surface area contributed by atoms with Gasteiger partial charge in [0.1, 0.15) is 17.2 Å². The first-order valence-electron chi connectivity index (χ1n) is 3.76. The summed E-state index contributed by atoms with van der Waals surface area (Å²) in [4.78, 5) is 0. The molecule has 1 aromatic carbocycles. The predicted molar refractivity (Wildman–Crippen MR) is 53.7 cm³/mol. The first-order chi connectivity index (χ1) is 6.70. The Bertz CT molecular complexity index is 519. The van der Waals surface area contributed by atoms with Crippen molar-refractivity contribution in [2.75, 3.05) is 0 Å². The highest BCUT2D eigenvalue weighted by molar-refractivity contribution is 7.71. The van der Waals surface area contributed by atoms with Crippen molar-refractivity contribution in [3.63, 3.8) is 0 Å². The zero-order valence-electron chi connectivity index (χ0n) is 6.87. The van der Waals surface area contributed by atoms with Crippen molar-refractivity contribution < 1.29 is 4.39 Å². The lowest BCUT2D eigenvalue weighted by molar-refractivity contribution is 0.627. The van der Waals surface area contributed by atoms with Crippen LogP contribution in [-0.4, -0.2) is 14.8 Å². The molecule has 0 aliphatic rings. The number of H-pyrrole nitrogens is 1. The van der Waals surface area contributed by atoms with Crippen LogP contribution in [0.4, 0.5) is 4.39 Å². The minimum Gasteiger partial charge on any atom is -0.273 e. The highest BCUT2D eigenvalue weighted by Crippen LogP contribution is 2.22. The van der Waals surface area contributed by atoms with Gasteiger partial charge in [-0.05, 0) is 24.4 Å². The third kappa shape index (κ3) is 1.44. The third-order valence-electron chi connectivity index (χ3n) is 1.74. The maximum Gasteiger partial charge on any atom is 0.199 e.